The van der Waals surface area contributed by atoms with Crippen LogP contribution >= 0.6 is 27.7 Å². The van der Waals surface area contributed by atoms with Gasteiger partial charge in [0.15, 0.2) is 0 Å². The van der Waals surface area contributed by atoms with E-state index in [0.29, 0.717) is 5.92 Å². The van der Waals surface area contributed by atoms with Crippen LogP contribution in [0.1, 0.15) is 26.7 Å². The van der Waals surface area contributed by atoms with Crippen LogP contribution in [0.3, 0.4) is 0 Å². The van der Waals surface area contributed by atoms with Gasteiger partial charge in [-0.15, -0.1) is 0 Å². The van der Waals surface area contributed by atoms with Crippen molar-refractivity contribution in [1.29, 1.82) is 0 Å². The van der Waals surface area contributed by atoms with Gasteiger partial charge < -0.3 is 5.32 Å². The molecule has 0 saturated heterocycles. The van der Waals surface area contributed by atoms with E-state index in [1.165, 1.54) is 12.2 Å². The number of rotatable bonds is 7. The van der Waals surface area contributed by atoms with Gasteiger partial charge in [-0.2, -0.15) is 11.8 Å². The lowest BCUT2D eigenvalue weighted by Crippen LogP contribution is -2.34. The molecule has 0 aromatic rings. The van der Waals surface area contributed by atoms with Crippen molar-refractivity contribution in [3.8, 4) is 0 Å². The number of hydrogen-bond donors (Lipinski definition) is 1. The Morgan fingerprint density at radius 2 is 2.07 bits per heavy atom. The summed E-state index contributed by atoms with van der Waals surface area (Å²) >= 11 is 5.22. The van der Waals surface area contributed by atoms with Gasteiger partial charge in [0.25, 0.3) is 0 Å². The molecule has 1 atom stereocenters. The van der Waals surface area contributed by atoms with E-state index in [1.54, 1.807) is 0 Å². The number of amides is 1. The molecular formula is C10H20BrNOS. The second-order valence-electron chi connectivity index (χ2n) is 3.64. The summed E-state index contributed by atoms with van der Waals surface area (Å²) in [7, 11) is 0. The molecule has 0 saturated carbocycles. The zero-order valence-electron chi connectivity index (χ0n) is 9.18. The van der Waals surface area contributed by atoms with Crippen LogP contribution in [0.25, 0.3) is 0 Å². The van der Waals surface area contributed by atoms with Crippen LogP contribution in [0, 0.1) is 5.92 Å². The summed E-state index contributed by atoms with van der Waals surface area (Å²) in [5.74, 6) is 1.64. The molecule has 0 aliphatic rings. The minimum absolute atomic E-state index is 0.0527. The molecule has 0 bridgehead atoms. The standard InChI is InChI=1S/C10H20BrNOS/c1-8(2)9(11)10(13)12-6-4-5-7-14-3/h8-9H,4-7H2,1-3H3,(H,12,13). The van der Waals surface area contributed by atoms with E-state index < -0.39 is 0 Å². The van der Waals surface area contributed by atoms with E-state index in [2.05, 4.69) is 27.5 Å². The van der Waals surface area contributed by atoms with Crippen LogP contribution in [0.2, 0.25) is 0 Å². The van der Waals surface area contributed by atoms with Crippen molar-refractivity contribution in [3.63, 3.8) is 0 Å². The molecule has 0 aromatic carbocycles. The first-order valence-electron chi connectivity index (χ1n) is 5.00. The Morgan fingerprint density at radius 3 is 2.57 bits per heavy atom. The Morgan fingerprint density at radius 1 is 1.43 bits per heavy atom. The maximum atomic E-state index is 11.5. The average Bonchev–Trinajstić information content (AvgIpc) is 2.16. The summed E-state index contributed by atoms with van der Waals surface area (Å²) in [4.78, 5) is 11.4. The van der Waals surface area contributed by atoms with Crippen LogP contribution in [0.4, 0.5) is 0 Å². The van der Waals surface area contributed by atoms with E-state index >= 15 is 0 Å². The number of alkyl halides is 1. The average molecular weight is 282 g/mol. The first kappa shape index (κ1) is 14.3. The zero-order valence-corrected chi connectivity index (χ0v) is 11.6. The number of halogens is 1. The molecule has 0 heterocycles. The molecule has 1 amide bonds. The van der Waals surface area contributed by atoms with Crippen molar-refractivity contribution < 1.29 is 4.79 Å². The number of thioether (sulfide) groups is 1. The van der Waals surface area contributed by atoms with Gasteiger partial charge in [-0.25, -0.2) is 0 Å². The lowest BCUT2D eigenvalue weighted by atomic mass is 10.1. The number of nitrogens with one attached hydrogen (secondary N) is 1. The fourth-order valence-electron chi connectivity index (χ4n) is 0.983. The molecule has 84 valence electrons. The van der Waals surface area contributed by atoms with Gasteiger partial charge in [0.1, 0.15) is 0 Å². The molecule has 14 heavy (non-hydrogen) atoms. The lowest BCUT2D eigenvalue weighted by Gasteiger charge is -2.13. The van der Waals surface area contributed by atoms with E-state index in [0.717, 1.165) is 13.0 Å². The van der Waals surface area contributed by atoms with E-state index in [9.17, 15) is 4.79 Å². The van der Waals surface area contributed by atoms with Crippen LogP contribution in [-0.4, -0.2) is 29.3 Å². The van der Waals surface area contributed by atoms with E-state index in [1.807, 2.05) is 25.6 Å². The van der Waals surface area contributed by atoms with Gasteiger partial charge in [-0.3, -0.25) is 4.79 Å². The highest BCUT2D eigenvalue weighted by Gasteiger charge is 2.17. The molecule has 0 rings (SSSR count). The largest absolute Gasteiger partial charge is 0.355 e. The predicted octanol–water partition coefficient (Wildman–Crippen LogP) is 2.67. The molecular weight excluding hydrogens is 262 g/mol. The molecule has 0 radical (unpaired) electrons. The van der Waals surface area contributed by atoms with Crippen LogP contribution in [0.5, 0.6) is 0 Å². The second-order valence-corrected chi connectivity index (χ2v) is 5.61. The Kier molecular flexibility index (Phi) is 8.78. The molecule has 1 unspecified atom stereocenters. The number of carbonyl (C=O) groups excluding carboxylic acids is 1. The van der Waals surface area contributed by atoms with E-state index in [4.69, 9.17) is 0 Å². The molecule has 2 nitrogen and oxygen atoms in total. The highest BCUT2D eigenvalue weighted by Crippen LogP contribution is 2.11. The van der Waals surface area contributed by atoms with Crippen molar-refractivity contribution >= 4 is 33.6 Å². The monoisotopic (exact) mass is 281 g/mol. The normalized spacial score (nSPS) is 12.9. The predicted molar refractivity (Wildman–Crippen MR) is 68.2 cm³/mol. The molecule has 0 aliphatic heterocycles. The Balaban J connectivity index is 3.44. The van der Waals surface area contributed by atoms with Crippen molar-refractivity contribution in [2.45, 2.75) is 31.5 Å². The fraction of sp³-hybridized carbons (Fsp3) is 0.900. The number of unbranched alkanes of at least 4 members (excludes halogenated alkanes) is 1. The zero-order chi connectivity index (χ0) is 11.0. The maximum absolute atomic E-state index is 11.5. The number of carbonyl (C=O) groups is 1. The van der Waals surface area contributed by atoms with Crippen molar-refractivity contribution in [2.75, 3.05) is 18.6 Å². The van der Waals surface area contributed by atoms with Gasteiger partial charge in [0.05, 0.1) is 4.83 Å². The SMILES string of the molecule is CSCCCCNC(=O)C(Br)C(C)C. The summed E-state index contributed by atoms with van der Waals surface area (Å²) in [5, 5.41) is 2.93. The van der Waals surface area contributed by atoms with Crippen LogP contribution in [-0.2, 0) is 4.79 Å². The van der Waals surface area contributed by atoms with Crippen molar-refractivity contribution in [3.05, 3.63) is 0 Å². The molecule has 0 spiro atoms. The highest BCUT2D eigenvalue weighted by atomic mass is 79.9. The van der Waals surface area contributed by atoms with Gasteiger partial charge >= 0.3 is 0 Å². The summed E-state index contributed by atoms with van der Waals surface area (Å²) in [5.41, 5.74) is 0. The first-order chi connectivity index (χ1) is 6.59. The Bertz CT molecular complexity index is 164. The highest BCUT2D eigenvalue weighted by molar-refractivity contribution is 9.10. The third-order valence-corrected chi connectivity index (χ3v) is 4.08. The van der Waals surface area contributed by atoms with Crippen molar-refractivity contribution in [2.24, 2.45) is 5.92 Å². The second kappa shape index (κ2) is 8.60. The topological polar surface area (TPSA) is 29.1 Å². The summed E-state index contributed by atoms with van der Waals surface area (Å²) in [6, 6.07) is 0. The maximum Gasteiger partial charge on any atom is 0.234 e. The minimum Gasteiger partial charge on any atom is -0.355 e. The smallest absolute Gasteiger partial charge is 0.234 e. The van der Waals surface area contributed by atoms with Gasteiger partial charge in [0.2, 0.25) is 5.91 Å². The van der Waals surface area contributed by atoms with Crippen molar-refractivity contribution in [1.82, 2.24) is 5.32 Å². The molecule has 0 aliphatic carbocycles. The summed E-state index contributed by atoms with van der Waals surface area (Å²) < 4.78 is 0. The van der Waals surface area contributed by atoms with Gasteiger partial charge in [-0.05, 0) is 30.8 Å². The summed E-state index contributed by atoms with van der Waals surface area (Å²) in [6.45, 7) is 4.87. The van der Waals surface area contributed by atoms with E-state index in [-0.39, 0.29) is 10.7 Å². The van der Waals surface area contributed by atoms with Crippen LogP contribution < -0.4 is 5.32 Å². The fourth-order valence-corrected chi connectivity index (χ4v) is 1.64. The van der Waals surface area contributed by atoms with Crippen LogP contribution in [0.15, 0.2) is 0 Å². The molecule has 0 aromatic heterocycles. The Hall–Kier alpha value is 0.300. The Labute approximate surface area is 99.7 Å². The third kappa shape index (κ3) is 6.71. The minimum atomic E-state index is -0.0527. The first-order valence-corrected chi connectivity index (χ1v) is 7.31. The molecule has 4 heteroatoms. The lowest BCUT2D eigenvalue weighted by molar-refractivity contribution is -0.121. The molecule has 1 N–H and O–H groups in total. The third-order valence-electron chi connectivity index (χ3n) is 1.91. The van der Waals surface area contributed by atoms with Gasteiger partial charge in [-0.1, -0.05) is 29.8 Å². The summed E-state index contributed by atoms with van der Waals surface area (Å²) in [6.07, 6.45) is 4.35. The number of hydrogen-bond acceptors (Lipinski definition) is 2. The van der Waals surface area contributed by atoms with Gasteiger partial charge in [0, 0.05) is 6.54 Å². The quantitative estimate of drug-likeness (QED) is 0.574. The molecule has 0 fully saturated rings.